The van der Waals surface area contributed by atoms with Gasteiger partial charge in [-0.2, -0.15) is 0 Å². The monoisotopic (exact) mass is 299 g/mol. The van der Waals surface area contributed by atoms with Crippen molar-refractivity contribution in [1.82, 2.24) is 9.97 Å². The molecule has 108 valence electrons. The van der Waals surface area contributed by atoms with Gasteiger partial charge in [-0.05, 0) is 35.1 Å². The summed E-state index contributed by atoms with van der Waals surface area (Å²) in [5.41, 5.74) is 3.02. The normalized spacial score (nSPS) is 11.2. The molecule has 0 bridgehead atoms. The van der Waals surface area contributed by atoms with E-state index >= 15 is 0 Å². The molecule has 1 aromatic carbocycles. The first-order chi connectivity index (χ1) is 10.1. The lowest BCUT2D eigenvalue weighted by Gasteiger charge is -2.09. The number of aromatic amines is 1. The van der Waals surface area contributed by atoms with Gasteiger partial charge in [0.05, 0.1) is 12.1 Å². The Balaban J connectivity index is 1.75. The number of anilines is 1. The minimum atomic E-state index is -0.0676. The van der Waals surface area contributed by atoms with Gasteiger partial charge >= 0.3 is 0 Å². The summed E-state index contributed by atoms with van der Waals surface area (Å²) in [5, 5.41) is 5.17. The lowest BCUT2D eigenvalue weighted by Crippen LogP contribution is -2.13. The summed E-state index contributed by atoms with van der Waals surface area (Å²) < 4.78 is 0.681. The van der Waals surface area contributed by atoms with Crippen LogP contribution in [0.15, 0.2) is 40.5 Å². The van der Waals surface area contributed by atoms with Crippen LogP contribution >= 0.6 is 11.3 Å². The molecule has 0 saturated heterocycles. The smallest absolute Gasteiger partial charge is 0.268 e. The molecule has 0 fully saturated rings. The molecule has 2 heterocycles. The first-order valence-electron chi connectivity index (χ1n) is 6.94. The molecule has 21 heavy (non-hydrogen) atoms. The lowest BCUT2D eigenvalue weighted by molar-refractivity contribution is 0.866. The number of benzene rings is 1. The molecular weight excluding hydrogens is 282 g/mol. The second-order valence-corrected chi connectivity index (χ2v) is 6.19. The Morgan fingerprint density at radius 2 is 2.00 bits per heavy atom. The van der Waals surface area contributed by atoms with E-state index in [0.29, 0.717) is 23.0 Å². The minimum absolute atomic E-state index is 0.0676. The average Bonchev–Trinajstić information content (AvgIpc) is 2.94. The average molecular weight is 299 g/mol. The van der Waals surface area contributed by atoms with Crippen LogP contribution in [-0.4, -0.2) is 9.97 Å². The molecule has 4 nitrogen and oxygen atoms in total. The van der Waals surface area contributed by atoms with Crippen LogP contribution in [0.25, 0.3) is 10.2 Å². The molecule has 2 N–H and O–H groups in total. The fourth-order valence-corrected chi connectivity index (χ4v) is 2.90. The highest BCUT2D eigenvalue weighted by molar-refractivity contribution is 7.17. The molecule has 5 heteroatoms. The van der Waals surface area contributed by atoms with E-state index in [1.807, 2.05) is 11.4 Å². The SMILES string of the molecule is CC(C)c1ccc(NCc2nc3ccsc3c(=O)[nH]2)cc1. The van der Waals surface area contributed by atoms with Gasteiger partial charge in [0.1, 0.15) is 10.5 Å². The van der Waals surface area contributed by atoms with Gasteiger partial charge in [0.25, 0.3) is 5.56 Å². The zero-order valence-electron chi connectivity index (χ0n) is 12.0. The van der Waals surface area contributed by atoms with Crippen molar-refractivity contribution in [3.8, 4) is 0 Å². The molecule has 0 amide bonds. The lowest BCUT2D eigenvalue weighted by atomic mass is 10.0. The third kappa shape index (κ3) is 2.97. The van der Waals surface area contributed by atoms with Gasteiger partial charge in [-0.1, -0.05) is 26.0 Å². The van der Waals surface area contributed by atoms with E-state index in [1.165, 1.54) is 16.9 Å². The Hall–Kier alpha value is -2.14. The number of fused-ring (bicyclic) bond motifs is 1. The second-order valence-electron chi connectivity index (χ2n) is 5.28. The van der Waals surface area contributed by atoms with Crippen molar-refractivity contribution in [2.75, 3.05) is 5.32 Å². The second kappa shape index (κ2) is 5.69. The fourth-order valence-electron chi connectivity index (χ4n) is 2.18. The van der Waals surface area contributed by atoms with E-state index in [1.54, 1.807) is 0 Å². The largest absolute Gasteiger partial charge is 0.378 e. The van der Waals surface area contributed by atoms with Crippen LogP contribution in [0, 0.1) is 0 Å². The molecule has 0 spiro atoms. The van der Waals surface area contributed by atoms with Crippen LogP contribution in [-0.2, 0) is 6.54 Å². The topological polar surface area (TPSA) is 57.8 Å². The number of rotatable bonds is 4. The summed E-state index contributed by atoms with van der Waals surface area (Å²) in [6.45, 7) is 4.85. The number of aromatic nitrogens is 2. The third-order valence-corrected chi connectivity index (χ3v) is 4.30. The molecule has 0 saturated carbocycles. The summed E-state index contributed by atoms with van der Waals surface area (Å²) in [6.07, 6.45) is 0. The van der Waals surface area contributed by atoms with Gasteiger partial charge < -0.3 is 10.3 Å². The number of hydrogen-bond donors (Lipinski definition) is 2. The molecule has 0 aliphatic heterocycles. The fraction of sp³-hybridized carbons (Fsp3) is 0.250. The first kappa shape index (κ1) is 13.8. The van der Waals surface area contributed by atoms with Crippen LogP contribution in [0.5, 0.6) is 0 Å². The van der Waals surface area contributed by atoms with Crippen LogP contribution in [0.1, 0.15) is 31.2 Å². The zero-order valence-corrected chi connectivity index (χ0v) is 12.8. The summed E-state index contributed by atoms with van der Waals surface area (Å²) in [5.74, 6) is 1.18. The quantitative estimate of drug-likeness (QED) is 0.772. The third-order valence-electron chi connectivity index (χ3n) is 3.40. The Morgan fingerprint density at radius 3 is 2.71 bits per heavy atom. The van der Waals surface area contributed by atoms with Gasteiger partial charge in [-0.25, -0.2) is 4.98 Å². The van der Waals surface area contributed by atoms with Crippen molar-refractivity contribution in [3.63, 3.8) is 0 Å². The van der Waals surface area contributed by atoms with Gasteiger partial charge in [-0.15, -0.1) is 11.3 Å². The summed E-state index contributed by atoms with van der Waals surface area (Å²) in [7, 11) is 0. The van der Waals surface area contributed by atoms with E-state index in [9.17, 15) is 4.79 Å². The van der Waals surface area contributed by atoms with Gasteiger partial charge in [0, 0.05) is 5.69 Å². The molecule has 0 aliphatic rings. The van der Waals surface area contributed by atoms with E-state index in [4.69, 9.17) is 0 Å². The van der Waals surface area contributed by atoms with Gasteiger partial charge in [-0.3, -0.25) is 4.79 Å². The molecule has 3 aromatic rings. The Morgan fingerprint density at radius 1 is 1.24 bits per heavy atom. The highest BCUT2D eigenvalue weighted by Gasteiger charge is 2.05. The highest BCUT2D eigenvalue weighted by atomic mass is 32.1. The number of H-pyrrole nitrogens is 1. The van der Waals surface area contributed by atoms with Crippen LogP contribution < -0.4 is 10.9 Å². The van der Waals surface area contributed by atoms with Crippen LogP contribution in [0.4, 0.5) is 5.69 Å². The van der Waals surface area contributed by atoms with Gasteiger partial charge in [0.2, 0.25) is 0 Å². The first-order valence-corrected chi connectivity index (χ1v) is 7.81. The van der Waals surface area contributed by atoms with Crippen LogP contribution in [0.2, 0.25) is 0 Å². The predicted octanol–water partition coefficient (Wildman–Crippen LogP) is 3.72. The maximum atomic E-state index is 11.9. The number of nitrogens with one attached hydrogen (secondary N) is 2. The van der Waals surface area contributed by atoms with Crippen molar-refractivity contribution in [2.45, 2.75) is 26.3 Å². The summed E-state index contributed by atoms with van der Waals surface area (Å²) >= 11 is 1.41. The summed E-state index contributed by atoms with van der Waals surface area (Å²) in [6, 6.07) is 10.2. The molecule has 3 rings (SSSR count). The molecule has 2 aromatic heterocycles. The van der Waals surface area contributed by atoms with Crippen LogP contribution in [0.3, 0.4) is 0 Å². The zero-order chi connectivity index (χ0) is 14.8. The van der Waals surface area contributed by atoms with E-state index < -0.39 is 0 Å². The molecular formula is C16H17N3OS. The summed E-state index contributed by atoms with van der Waals surface area (Å²) in [4.78, 5) is 19.1. The van der Waals surface area contributed by atoms with Crippen molar-refractivity contribution in [2.24, 2.45) is 0 Å². The number of hydrogen-bond acceptors (Lipinski definition) is 4. The van der Waals surface area contributed by atoms with Crippen molar-refractivity contribution in [1.29, 1.82) is 0 Å². The maximum absolute atomic E-state index is 11.9. The Kier molecular flexibility index (Phi) is 3.75. The van der Waals surface area contributed by atoms with Crippen molar-refractivity contribution >= 4 is 27.2 Å². The van der Waals surface area contributed by atoms with E-state index in [0.717, 1.165) is 11.2 Å². The van der Waals surface area contributed by atoms with Gasteiger partial charge in [0.15, 0.2) is 0 Å². The Bertz CT molecular complexity index is 802. The minimum Gasteiger partial charge on any atom is -0.378 e. The Labute approximate surface area is 126 Å². The molecule has 0 unspecified atom stereocenters. The molecule has 0 radical (unpaired) electrons. The van der Waals surface area contributed by atoms with Crippen molar-refractivity contribution < 1.29 is 0 Å². The highest BCUT2D eigenvalue weighted by Crippen LogP contribution is 2.18. The molecule has 0 aliphatic carbocycles. The predicted molar refractivity (Wildman–Crippen MR) is 88.1 cm³/mol. The number of nitrogens with zero attached hydrogens (tertiary/aromatic N) is 1. The standard InChI is InChI=1S/C16H17N3OS/c1-10(2)11-3-5-12(6-4-11)17-9-14-18-13-7-8-21-15(13)16(20)19-14/h3-8,10,17H,9H2,1-2H3,(H,18,19,20). The number of thiophene rings is 1. The maximum Gasteiger partial charge on any atom is 0.268 e. The van der Waals surface area contributed by atoms with Crippen molar-refractivity contribution in [3.05, 3.63) is 57.5 Å². The van der Waals surface area contributed by atoms with E-state index in [2.05, 4.69) is 53.4 Å². The molecule has 0 atom stereocenters. The van der Waals surface area contributed by atoms with E-state index in [-0.39, 0.29) is 5.56 Å².